The lowest BCUT2D eigenvalue weighted by atomic mass is 10.2. The van der Waals surface area contributed by atoms with Crippen molar-refractivity contribution >= 4 is 26.8 Å². The summed E-state index contributed by atoms with van der Waals surface area (Å²) in [7, 11) is 3.91. The maximum atomic E-state index is 5.46. The van der Waals surface area contributed by atoms with E-state index in [1.54, 1.807) is 23.7 Å². The molecule has 0 atom stereocenters. The van der Waals surface area contributed by atoms with Crippen molar-refractivity contribution in [2.45, 2.75) is 13.5 Å². The normalized spacial score (nSPS) is 11.3. The third-order valence-corrected chi connectivity index (χ3v) is 5.06. The van der Waals surface area contributed by atoms with E-state index in [2.05, 4.69) is 25.1 Å². The van der Waals surface area contributed by atoms with Crippen molar-refractivity contribution in [3.8, 4) is 11.3 Å². The SMILES string of the molecule is Cc1nn(C)c2nc(N(C)Cc3cc(-c4ccncc4)no3)sc12. The second-order valence-corrected chi connectivity index (χ2v) is 6.61. The number of aryl methyl sites for hydroxylation is 2. The number of rotatable bonds is 4. The highest BCUT2D eigenvalue weighted by Gasteiger charge is 2.16. The zero-order valence-electron chi connectivity index (χ0n) is 13.6. The van der Waals surface area contributed by atoms with Gasteiger partial charge in [0.1, 0.15) is 5.69 Å². The van der Waals surface area contributed by atoms with Crippen LogP contribution >= 0.6 is 11.3 Å². The van der Waals surface area contributed by atoms with E-state index in [0.717, 1.165) is 38.2 Å². The van der Waals surface area contributed by atoms with E-state index < -0.39 is 0 Å². The molecule has 0 aliphatic rings. The van der Waals surface area contributed by atoms with Crippen LogP contribution in [0.15, 0.2) is 35.1 Å². The Bertz CT molecular complexity index is 952. The fraction of sp³-hybridized carbons (Fsp3) is 0.250. The van der Waals surface area contributed by atoms with Crippen molar-refractivity contribution in [2.75, 3.05) is 11.9 Å². The Balaban J connectivity index is 1.56. The summed E-state index contributed by atoms with van der Waals surface area (Å²) in [5, 5.41) is 9.45. The summed E-state index contributed by atoms with van der Waals surface area (Å²) >= 11 is 1.64. The molecular weight excluding hydrogens is 324 g/mol. The van der Waals surface area contributed by atoms with Gasteiger partial charge in [0.2, 0.25) is 0 Å². The van der Waals surface area contributed by atoms with Gasteiger partial charge in [-0.1, -0.05) is 16.5 Å². The molecule has 0 aromatic carbocycles. The Hall–Kier alpha value is -2.74. The molecule has 0 amide bonds. The van der Waals surface area contributed by atoms with Gasteiger partial charge < -0.3 is 9.42 Å². The molecule has 24 heavy (non-hydrogen) atoms. The molecule has 4 rings (SSSR count). The highest BCUT2D eigenvalue weighted by Crippen LogP contribution is 2.31. The molecule has 0 aliphatic carbocycles. The van der Waals surface area contributed by atoms with Crippen LogP contribution in [0.2, 0.25) is 0 Å². The zero-order valence-corrected chi connectivity index (χ0v) is 14.4. The highest BCUT2D eigenvalue weighted by atomic mass is 32.1. The number of aromatic nitrogens is 5. The zero-order chi connectivity index (χ0) is 16.7. The van der Waals surface area contributed by atoms with Crippen molar-refractivity contribution in [1.29, 1.82) is 0 Å². The van der Waals surface area contributed by atoms with Gasteiger partial charge in [-0.3, -0.25) is 4.98 Å². The van der Waals surface area contributed by atoms with E-state index in [9.17, 15) is 0 Å². The summed E-state index contributed by atoms with van der Waals surface area (Å²) in [6, 6.07) is 5.77. The van der Waals surface area contributed by atoms with Crippen LogP contribution in [0.25, 0.3) is 21.6 Å². The number of hydrogen-bond donors (Lipinski definition) is 0. The van der Waals surface area contributed by atoms with Crippen molar-refractivity contribution in [1.82, 2.24) is 24.9 Å². The third kappa shape index (κ3) is 2.54. The van der Waals surface area contributed by atoms with Crippen molar-refractivity contribution in [3.05, 3.63) is 42.0 Å². The molecule has 0 aliphatic heterocycles. The monoisotopic (exact) mass is 340 g/mol. The Kier molecular flexibility index (Phi) is 3.53. The topological polar surface area (TPSA) is 72.9 Å². The maximum absolute atomic E-state index is 5.46. The van der Waals surface area contributed by atoms with Crippen LogP contribution < -0.4 is 4.90 Å². The summed E-state index contributed by atoms with van der Waals surface area (Å²) in [5.74, 6) is 0.790. The molecule has 0 fully saturated rings. The van der Waals surface area contributed by atoms with Gasteiger partial charge in [0.15, 0.2) is 16.5 Å². The molecule has 0 spiro atoms. The van der Waals surface area contributed by atoms with Gasteiger partial charge in [-0.15, -0.1) is 0 Å². The van der Waals surface area contributed by atoms with E-state index in [0.29, 0.717) is 6.54 Å². The molecule has 0 unspecified atom stereocenters. The molecule has 122 valence electrons. The fourth-order valence-electron chi connectivity index (χ4n) is 2.58. The standard InChI is InChI=1S/C16H16N6OS/c1-10-14-15(22(3)19-10)18-16(24-14)21(2)9-12-8-13(20-23-12)11-4-6-17-7-5-11/h4-8H,9H2,1-3H3. The summed E-state index contributed by atoms with van der Waals surface area (Å²) in [6.07, 6.45) is 3.49. The number of anilines is 1. The van der Waals surface area contributed by atoms with Crippen LogP contribution in [0.3, 0.4) is 0 Å². The Labute approximate surface area is 142 Å². The van der Waals surface area contributed by atoms with Gasteiger partial charge in [-0.25, -0.2) is 9.67 Å². The molecule has 4 aromatic rings. The first-order valence-corrected chi connectivity index (χ1v) is 8.31. The second-order valence-electron chi connectivity index (χ2n) is 5.63. The van der Waals surface area contributed by atoms with Crippen molar-refractivity contribution in [2.24, 2.45) is 7.05 Å². The Morgan fingerprint density at radius 3 is 2.83 bits per heavy atom. The lowest BCUT2D eigenvalue weighted by molar-refractivity contribution is 0.385. The lowest BCUT2D eigenvalue weighted by Crippen LogP contribution is -2.15. The molecule has 0 N–H and O–H groups in total. The number of fused-ring (bicyclic) bond motifs is 1. The number of thiazole rings is 1. The van der Waals surface area contributed by atoms with Gasteiger partial charge in [0.25, 0.3) is 0 Å². The molecule has 4 heterocycles. The molecule has 0 saturated carbocycles. The minimum Gasteiger partial charge on any atom is -0.359 e. The first-order chi connectivity index (χ1) is 11.6. The molecule has 7 nitrogen and oxygen atoms in total. The Morgan fingerprint density at radius 2 is 2.08 bits per heavy atom. The van der Waals surface area contributed by atoms with E-state index in [1.165, 1.54) is 0 Å². The molecular formula is C16H16N6OS. The predicted octanol–water partition coefficient (Wildman–Crippen LogP) is 3.02. The van der Waals surface area contributed by atoms with Gasteiger partial charge in [0.05, 0.1) is 16.9 Å². The lowest BCUT2D eigenvalue weighted by Gasteiger charge is -2.12. The van der Waals surface area contributed by atoms with Crippen LogP contribution in [-0.2, 0) is 13.6 Å². The smallest absolute Gasteiger partial charge is 0.188 e. The minimum atomic E-state index is 0.602. The van der Waals surface area contributed by atoms with Gasteiger partial charge in [0, 0.05) is 38.1 Å². The largest absolute Gasteiger partial charge is 0.359 e. The maximum Gasteiger partial charge on any atom is 0.188 e. The molecule has 0 radical (unpaired) electrons. The van der Waals surface area contributed by atoms with Crippen LogP contribution in [0.5, 0.6) is 0 Å². The van der Waals surface area contributed by atoms with Crippen LogP contribution in [0.1, 0.15) is 11.5 Å². The highest BCUT2D eigenvalue weighted by molar-refractivity contribution is 7.22. The van der Waals surface area contributed by atoms with Gasteiger partial charge in [-0.05, 0) is 19.1 Å². The minimum absolute atomic E-state index is 0.602. The Morgan fingerprint density at radius 1 is 1.29 bits per heavy atom. The first-order valence-electron chi connectivity index (χ1n) is 7.49. The summed E-state index contributed by atoms with van der Waals surface area (Å²) in [6.45, 7) is 2.60. The molecule has 0 saturated heterocycles. The summed E-state index contributed by atoms with van der Waals surface area (Å²) < 4.78 is 8.40. The van der Waals surface area contributed by atoms with Gasteiger partial charge >= 0.3 is 0 Å². The quantitative estimate of drug-likeness (QED) is 0.568. The van der Waals surface area contributed by atoms with Crippen molar-refractivity contribution < 1.29 is 4.52 Å². The summed E-state index contributed by atoms with van der Waals surface area (Å²) in [4.78, 5) is 10.7. The van der Waals surface area contributed by atoms with E-state index in [1.807, 2.05) is 43.9 Å². The van der Waals surface area contributed by atoms with Crippen LogP contribution in [-0.4, -0.2) is 32.0 Å². The van der Waals surface area contributed by atoms with Crippen LogP contribution in [0, 0.1) is 6.92 Å². The predicted molar refractivity (Wildman–Crippen MR) is 93.0 cm³/mol. The molecule has 0 bridgehead atoms. The van der Waals surface area contributed by atoms with Crippen LogP contribution in [0.4, 0.5) is 5.13 Å². The number of nitrogens with zero attached hydrogens (tertiary/aromatic N) is 6. The van der Waals surface area contributed by atoms with Crippen molar-refractivity contribution in [3.63, 3.8) is 0 Å². The van der Waals surface area contributed by atoms with Gasteiger partial charge in [-0.2, -0.15) is 5.10 Å². The molecule has 8 heteroatoms. The van der Waals surface area contributed by atoms with E-state index in [-0.39, 0.29) is 0 Å². The average Bonchev–Trinajstić information content (AvgIpc) is 3.27. The number of pyridine rings is 1. The number of hydrogen-bond acceptors (Lipinski definition) is 7. The van der Waals surface area contributed by atoms with E-state index in [4.69, 9.17) is 4.52 Å². The second kappa shape index (κ2) is 5.72. The molecule has 4 aromatic heterocycles. The summed E-state index contributed by atoms with van der Waals surface area (Å²) in [5.41, 5.74) is 3.72. The first kappa shape index (κ1) is 14.8. The average molecular weight is 340 g/mol. The third-order valence-electron chi connectivity index (χ3n) is 3.79. The fourth-order valence-corrected chi connectivity index (χ4v) is 3.58. The van der Waals surface area contributed by atoms with E-state index >= 15 is 0 Å².